The summed E-state index contributed by atoms with van der Waals surface area (Å²) in [4.78, 5) is 6.45. The van der Waals surface area contributed by atoms with Gasteiger partial charge in [-0.2, -0.15) is 5.26 Å². The summed E-state index contributed by atoms with van der Waals surface area (Å²) in [6.45, 7) is 3.35. The topological polar surface area (TPSA) is 57.0 Å². The molecule has 2 heterocycles. The van der Waals surface area contributed by atoms with Crippen LogP contribution in [-0.2, 0) is 10.8 Å². The molecule has 1 fully saturated rings. The first kappa shape index (κ1) is 11.1. The van der Waals surface area contributed by atoms with Gasteiger partial charge >= 0.3 is 0 Å². The van der Waals surface area contributed by atoms with E-state index in [-0.39, 0.29) is 0 Å². The summed E-state index contributed by atoms with van der Waals surface area (Å²) in [5, 5.41) is 9.02. The molecule has 0 aromatic carbocycles. The first-order valence-corrected chi connectivity index (χ1v) is 6.67. The van der Waals surface area contributed by atoms with Gasteiger partial charge in [0.15, 0.2) is 0 Å². The van der Waals surface area contributed by atoms with Gasteiger partial charge in [0, 0.05) is 41.1 Å². The van der Waals surface area contributed by atoms with Crippen LogP contribution in [0.3, 0.4) is 0 Å². The Balaban J connectivity index is 2.29. The van der Waals surface area contributed by atoms with Gasteiger partial charge in [-0.3, -0.25) is 4.21 Å². The maximum Gasteiger partial charge on any atom is 0.146 e. The van der Waals surface area contributed by atoms with Crippen molar-refractivity contribution in [2.24, 2.45) is 0 Å². The van der Waals surface area contributed by atoms with Crippen molar-refractivity contribution in [2.75, 3.05) is 29.5 Å². The van der Waals surface area contributed by atoms with Crippen LogP contribution in [0.15, 0.2) is 12.1 Å². The SMILES string of the molecule is Cc1ccc(C#N)c(N2CCS(=O)CC2)n1. The van der Waals surface area contributed by atoms with Crippen molar-refractivity contribution in [1.82, 2.24) is 4.98 Å². The quantitative estimate of drug-likeness (QED) is 0.723. The maximum atomic E-state index is 11.3. The molecule has 0 atom stereocenters. The Morgan fingerprint density at radius 1 is 1.44 bits per heavy atom. The number of nitrogens with zero attached hydrogens (tertiary/aromatic N) is 3. The van der Waals surface area contributed by atoms with Crippen LogP contribution in [0.2, 0.25) is 0 Å². The summed E-state index contributed by atoms with van der Waals surface area (Å²) in [6.07, 6.45) is 0. The van der Waals surface area contributed by atoms with Gasteiger partial charge in [0.2, 0.25) is 0 Å². The van der Waals surface area contributed by atoms with E-state index in [0.717, 1.165) is 24.6 Å². The summed E-state index contributed by atoms with van der Waals surface area (Å²) in [7, 11) is -0.701. The minimum absolute atomic E-state index is 0.596. The van der Waals surface area contributed by atoms with Gasteiger partial charge < -0.3 is 4.90 Å². The van der Waals surface area contributed by atoms with Gasteiger partial charge in [0.1, 0.15) is 11.9 Å². The third-order valence-corrected chi connectivity index (χ3v) is 3.89. The zero-order valence-electron chi connectivity index (χ0n) is 9.14. The van der Waals surface area contributed by atoms with E-state index in [4.69, 9.17) is 5.26 Å². The van der Waals surface area contributed by atoms with Gasteiger partial charge in [-0.05, 0) is 19.1 Å². The number of nitriles is 1. The van der Waals surface area contributed by atoms with E-state index in [9.17, 15) is 4.21 Å². The molecule has 0 aliphatic carbocycles. The molecule has 2 rings (SSSR count). The largest absolute Gasteiger partial charge is 0.354 e. The Morgan fingerprint density at radius 2 is 2.12 bits per heavy atom. The lowest BCUT2D eigenvalue weighted by Gasteiger charge is -2.28. The molecule has 1 aliphatic rings. The number of anilines is 1. The van der Waals surface area contributed by atoms with Gasteiger partial charge in [-0.25, -0.2) is 4.98 Å². The Hall–Kier alpha value is -1.41. The average molecular weight is 235 g/mol. The number of hydrogen-bond donors (Lipinski definition) is 0. The Labute approximate surface area is 97.4 Å². The van der Waals surface area contributed by atoms with E-state index in [2.05, 4.69) is 11.1 Å². The highest BCUT2D eigenvalue weighted by Crippen LogP contribution is 2.19. The Morgan fingerprint density at radius 3 is 2.75 bits per heavy atom. The van der Waals surface area contributed by atoms with Crippen molar-refractivity contribution >= 4 is 16.6 Å². The third-order valence-electron chi connectivity index (χ3n) is 2.61. The molecule has 0 amide bonds. The summed E-state index contributed by atoms with van der Waals surface area (Å²) in [6, 6.07) is 5.78. The second-order valence-electron chi connectivity index (χ2n) is 3.77. The average Bonchev–Trinajstić information content (AvgIpc) is 2.30. The van der Waals surface area contributed by atoms with Gasteiger partial charge in [0.05, 0.1) is 5.56 Å². The molecular weight excluding hydrogens is 222 g/mol. The third kappa shape index (κ3) is 2.22. The molecular formula is C11H13N3OS. The molecule has 0 spiro atoms. The van der Waals surface area contributed by atoms with E-state index in [1.54, 1.807) is 6.07 Å². The predicted molar refractivity (Wildman–Crippen MR) is 63.8 cm³/mol. The highest BCUT2D eigenvalue weighted by Gasteiger charge is 2.19. The predicted octanol–water partition coefficient (Wildman–Crippen LogP) is 0.830. The van der Waals surface area contributed by atoms with E-state index < -0.39 is 10.8 Å². The molecule has 0 N–H and O–H groups in total. The lowest BCUT2D eigenvalue weighted by Crippen LogP contribution is -2.38. The second kappa shape index (κ2) is 4.62. The maximum absolute atomic E-state index is 11.3. The zero-order valence-corrected chi connectivity index (χ0v) is 9.96. The summed E-state index contributed by atoms with van der Waals surface area (Å²) >= 11 is 0. The van der Waals surface area contributed by atoms with Crippen molar-refractivity contribution in [3.8, 4) is 6.07 Å². The number of aromatic nitrogens is 1. The molecule has 0 bridgehead atoms. The van der Waals surface area contributed by atoms with Gasteiger partial charge in [0.25, 0.3) is 0 Å². The first-order chi connectivity index (χ1) is 7.70. The van der Waals surface area contributed by atoms with Gasteiger partial charge in [-0.1, -0.05) is 0 Å². The molecule has 16 heavy (non-hydrogen) atoms. The molecule has 1 aromatic heterocycles. The van der Waals surface area contributed by atoms with Gasteiger partial charge in [-0.15, -0.1) is 0 Å². The smallest absolute Gasteiger partial charge is 0.146 e. The zero-order chi connectivity index (χ0) is 11.5. The van der Waals surface area contributed by atoms with Crippen molar-refractivity contribution in [1.29, 1.82) is 5.26 Å². The van der Waals surface area contributed by atoms with Crippen LogP contribution in [0.4, 0.5) is 5.82 Å². The van der Waals surface area contributed by atoms with Crippen LogP contribution in [0, 0.1) is 18.3 Å². The van der Waals surface area contributed by atoms with E-state index >= 15 is 0 Å². The van der Waals surface area contributed by atoms with Crippen LogP contribution in [-0.4, -0.2) is 33.8 Å². The lowest BCUT2D eigenvalue weighted by molar-refractivity contribution is 0.672. The molecule has 1 saturated heterocycles. The fourth-order valence-corrected chi connectivity index (χ4v) is 2.77. The van der Waals surface area contributed by atoms with E-state index in [1.807, 2.05) is 17.9 Å². The van der Waals surface area contributed by atoms with E-state index in [1.165, 1.54) is 0 Å². The Bertz CT molecular complexity index is 457. The van der Waals surface area contributed by atoms with Crippen LogP contribution < -0.4 is 4.90 Å². The van der Waals surface area contributed by atoms with E-state index in [0.29, 0.717) is 17.1 Å². The van der Waals surface area contributed by atoms with Crippen LogP contribution in [0.5, 0.6) is 0 Å². The number of hydrogen-bond acceptors (Lipinski definition) is 4. The molecule has 0 radical (unpaired) electrons. The van der Waals surface area contributed by atoms with Crippen LogP contribution in [0.1, 0.15) is 11.3 Å². The monoisotopic (exact) mass is 235 g/mol. The molecule has 4 nitrogen and oxygen atoms in total. The Kier molecular flexibility index (Phi) is 3.20. The number of pyridine rings is 1. The highest BCUT2D eigenvalue weighted by atomic mass is 32.2. The number of aryl methyl sites for hydroxylation is 1. The lowest BCUT2D eigenvalue weighted by atomic mass is 10.2. The molecule has 0 unspecified atom stereocenters. The normalized spacial score (nSPS) is 17.1. The minimum atomic E-state index is -0.701. The second-order valence-corrected chi connectivity index (χ2v) is 5.47. The number of rotatable bonds is 1. The van der Waals surface area contributed by atoms with Crippen LogP contribution in [0.25, 0.3) is 0 Å². The summed E-state index contributed by atoms with van der Waals surface area (Å²) in [5.41, 5.74) is 1.50. The standard InChI is InChI=1S/C11H13N3OS/c1-9-2-3-10(8-12)11(13-9)14-4-6-16(15)7-5-14/h2-3H,4-7H2,1H3. The first-order valence-electron chi connectivity index (χ1n) is 5.18. The fourth-order valence-electron chi connectivity index (χ4n) is 1.72. The van der Waals surface area contributed by atoms with Crippen molar-refractivity contribution in [3.05, 3.63) is 23.4 Å². The van der Waals surface area contributed by atoms with Crippen molar-refractivity contribution in [2.45, 2.75) is 6.92 Å². The highest BCUT2D eigenvalue weighted by molar-refractivity contribution is 7.85. The fraction of sp³-hybridized carbons (Fsp3) is 0.455. The molecule has 0 saturated carbocycles. The summed E-state index contributed by atoms with van der Waals surface area (Å²) < 4.78 is 11.3. The van der Waals surface area contributed by atoms with Crippen molar-refractivity contribution in [3.63, 3.8) is 0 Å². The molecule has 1 aromatic rings. The van der Waals surface area contributed by atoms with Crippen LogP contribution >= 0.6 is 0 Å². The molecule has 5 heteroatoms. The summed E-state index contributed by atoms with van der Waals surface area (Å²) in [5.74, 6) is 2.07. The molecule has 84 valence electrons. The minimum Gasteiger partial charge on any atom is -0.354 e. The van der Waals surface area contributed by atoms with Crippen molar-refractivity contribution < 1.29 is 4.21 Å². The molecule has 1 aliphatic heterocycles.